The van der Waals surface area contributed by atoms with Gasteiger partial charge in [0.25, 0.3) is 0 Å². The van der Waals surface area contributed by atoms with Gasteiger partial charge in [-0.25, -0.2) is 0 Å². The lowest BCUT2D eigenvalue weighted by atomic mass is 10.0. The number of hydrogen-bond acceptors (Lipinski definition) is 2. The first-order valence-corrected chi connectivity index (χ1v) is 6.57. The first-order valence-electron chi connectivity index (χ1n) is 6.57. The number of nitrogens with zero attached hydrogens (tertiary/aromatic N) is 1. The van der Waals surface area contributed by atoms with E-state index in [4.69, 9.17) is 0 Å². The maximum absolute atomic E-state index is 9.74. The van der Waals surface area contributed by atoms with Gasteiger partial charge < -0.3 is 10.0 Å². The fourth-order valence-electron chi connectivity index (χ4n) is 2.82. The lowest BCUT2D eigenvalue weighted by Gasteiger charge is -2.27. The Morgan fingerprint density at radius 1 is 1.27 bits per heavy atom. The summed E-state index contributed by atoms with van der Waals surface area (Å²) in [5.41, 5.74) is 0. The molecule has 2 unspecified atom stereocenters. The molecule has 1 rings (SSSR count). The van der Waals surface area contributed by atoms with Gasteiger partial charge in [0.1, 0.15) is 0 Å². The Kier molecular flexibility index (Phi) is 5.62. The van der Waals surface area contributed by atoms with Crippen molar-refractivity contribution in [2.24, 2.45) is 5.92 Å². The Balaban J connectivity index is 2.23. The van der Waals surface area contributed by atoms with Crippen LogP contribution in [0.15, 0.2) is 0 Å². The lowest BCUT2D eigenvalue weighted by molar-refractivity contribution is 0.114. The summed E-state index contributed by atoms with van der Waals surface area (Å²) in [6.07, 6.45) is 7.12. The predicted octanol–water partition coefficient (Wildman–Crippen LogP) is 2.66. The predicted molar refractivity (Wildman–Crippen MR) is 65.0 cm³/mol. The van der Waals surface area contributed by atoms with Gasteiger partial charge in [0.05, 0.1) is 6.10 Å². The van der Waals surface area contributed by atoms with Gasteiger partial charge in [-0.1, -0.05) is 20.3 Å². The molecule has 1 aliphatic carbocycles. The van der Waals surface area contributed by atoms with Gasteiger partial charge in [-0.15, -0.1) is 0 Å². The molecule has 2 atom stereocenters. The molecule has 0 amide bonds. The molecule has 0 aromatic carbocycles. The summed E-state index contributed by atoms with van der Waals surface area (Å²) >= 11 is 0. The monoisotopic (exact) mass is 213 g/mol. The van der Waals surface area contributed by atoms with E-state index in [-0.39, 0.29) is 6.10 Å². The molecule has 1 saturated carbocycles. The zero-order valence-electron chi connectivity index (χ0n) is 10.6. The molecule has 15 heavy (non-hydrogen) atoms. The van der Waals surface area contributed by atoms with E-state index in [0.717, 1.165) is 19.0 Å². The molecule has 1 aliphatic rings. The summed E-state index contributed by atoms with van der Waals surface area (Å²) in [7, 11) is 2.22. The Morgan fingerprint density at radius 2 is 1.93 bits per heavy atom. The molecule has 2 nitrogen and oxygen atoms in total. The van der Waals surface area contributed by atoms with E-state index in [1.54, 1.807) is 0 Å². The lowest BCUT2D eigenvalue weighted by Crippen LogP contribution is -2.33. The second-order valence-electron chi connectivity index (χ2n) is 5.00. The smallest absolute Gasteiger partial charge is 0.0568 e. The van der Waals surface area contributed by atoms with Crippen LogP contribution in [0, 0.1) is 5.92 Å². The third-order valence-corrected chi connectivity index (χ3v) is 4.04. The fourth-order valence-corrected chi connectivity index (χ4v) is 2.82. The van der Waals surface area contributed by atoms with Gasteiger partial charge in [-0.2, -0.15) is 0 Å². The minimum absolute atomic E-state index is 0.0138. The van der Waals surface area contributed by atoms with Gasteiger partial charge in [0, 0.05) is 6.04 Å². The summed E-state index contributed by atoms with van der Waals surface area (Å²) in [4.78, 5) is 2.46. The second kappa shape index (κ2) is 6.49. The average molecular weight is 213 g/mol. The van der Waals surface area contributed by atoms with Gasteiger partial charge >= 0.3 is 0 Å². The highest BCUT2D eigenvalue weighted by atomic mass is 16.3. The Hall–Kier alpha value is -0.0800. The molecule has 0 radical (unpaired) electrons. The highest BCUT2D eigenvalue weighted by molar-refractivity contribution is 4.78. The molecule has 0 saturated heterocycles. The summed E-state index contributed by atoms with van der Waals surface area (Å²) in [6, 6.07) is 0.726. The minimum atomic E-state index is -0.0138. The van der Waals surface area contributed by atoms with Gasteiger partial charge in [-0.3, -0.25) is 0 Å². The van der Waals surface area contributed by atoms with E-state index in [1.165, 1.54) is 32.1 Å². The maximum Gasteiger partial charge on any atom is 0.0568 e. The van der Waals surface area contributed by atoms with Crippen molar-refractivity contribution in [3.63, 3.8) is 0 Å². The van der Waals surface area contributed by atoms with E-state index < -0.39 is 0 Å². The van der Waals surface area contributed by atoms with Crippen LogP contribution >= 0.6 is 0 Å². The third kappa shape index (κ3) is 3.76. The van der Waals surface area contributed by atoms with Crippen molar-refractivity contribution >= 4 is 0 Å². The van der Waals surface area contributed by atoms with E-state index >= 15 is 0 Å². The third-order valence-electron chi connectivity index (χ3n) is 4.04. The first kappa shape index (κ1) is 13.0. The summed E-state index contributed by atoms with van der Waals surface area (Å²) in [6.45, 7) is 5.66. The molecule has 0 aromatic rings. The largest absolute Gasteiger partial charge is 0.393 e. The Morgan fingerprint density at radius 3 is 2.40 bits per heavy atom. The van der Waals surface area contributed by atoms with Crippen LogP contribution in [0.25, 0.3) is 0 Å². The number of rotatable bonds is 6. The molecular formula is C13H27NO. The van der Waals surface area contributed by atoms with Crippen molar-refractivity contribution in [1.29, 1.82) is 0 Å². The summed E-state index contributed by atoms with van der Waals surface area (Å²) < 4.78 is 0. The van der Waals surface area contributed by atoms with Gasteiger partial charge in [0.15, 0.2) is 0 Å². The standard InChI is InChI=1S/C13H27NO/c1-4-12(5-2)14(3)10-9-11-7-6-8-13(11)15/h11-13,15H,4-10H2,1-3H3. The minimum Gasteiger partial charge on any atom is -0.393 e. The number of aliphatic hydroxyl groups is 1. The molecule has 0 aliphatic heterocycles. The van der Waals surface area contributed by atoms with E-state index in [2.05, 4.69) is 25.8 Å². The van der Waals surface area contributed by atoms with Crippen LogP contribution in [0.4, 0.5) is 0 Å². The topological polar surface area (TPSA) is 23.5 Å². The van der Waals surface area contributed by atoms with Crippen LogP contribution in [0.2, 0.25) is 0 Å². The molecule has 0 heterocycles. The average Bonchev–Trinajstić information content (AvgIpc) is 2.63. The van der Waals surface area contributed by atoms with Gasteiger partial charge in [0.2, 0.25) is 0 Å². The van der Waals surface area contributed by atoms with E-state index in [0.29, 0.717) is 5.92 Å². The quantitative estimate of drug-likeness (QED) is 0.733. The van der Waals surface area contributed by atoms with Crippen LogP contribution in [-0.4, -0.2) is 35.7 Å². The van der Waals surface area contributed by atoms with Crippen LogP contribution in [0.3, 0.4) is 0 Å². The zero-order valence-corrected chi connectivity index (χ0v) is 10.6. The van der Waals surface area contributed by atoms with E-state index in [1.807, 2.05) is 0 Å². The Labute approximate surface area is 94.7 Å². The maximum atomic E-state index is 9.74. The number of hydrogen-bond donors (Lipinski definition) is 1. The van der Waals surface area contributed by atoms with Crippen LogP contribution in [0.1, 0.15) is 52.4 Å². The molecule has 1 fully saturated rings. The van der Waals surface area contributed by atoms with Crippen molar-refractivity contribution < 1.29 is 5.11 Å². The van der Waals surface area contributed by atoms with Crippen LogP contribution < -0.4 is 0 Å². The second-order valence-corrected chi connectivity index (χ2v) is 5.00. The van der Waals surface area contributed by atoms with Crippen LogP contribution in [0.5, 0.6) is 0 Å². The molecule has 2 heteroatoms. The van der Waals surface area contributed by atoms with Gasteiger partial charge in [-0.05, 0) is 51.6 Å². The normalized spacial score (nSPS) is 26.8. The number of aliphatic hydroxyl groups excluding tert-OH is 1. The van der Waals surface area contributed by atoms with Crippen molar-refractivity contribution in [2.45, 2.75) is 64.5 Å². The molecular weight excluding hydrogens is 186 g/mol. The van der Waals surface area contributed by atoms with Crippen molar-refractivity contribution in [3.05, 3.63) is 0 Å². The zero-order chi connectivity index (χ0) is 11.3. The molecule has 0 aromatic heterocycles. The Bertz CT molecular complexity index is 168. The van der Waals surface area contributed by atoms with Crippen molar-refractivity contribution in [2.75, 3.05) is 13.6 Å². The SMILES string of the molecule is CCC(CC)N(C)CCC1CCCC1O. The highest BCUT2D eigenvalue weighted by Gasteiger charge is 2.25. The van der Waals surface area contributed by atoms with Crippen molar-refractivity contribution in [1.82, 2.24) is 4.90 Å². The molecule has 0 bridgehead atoms. The molecule has 90 valence electrons. The fraction of sp³-hybridized carbons (Fsp3) is 1.00. The summed E-state index contributed by atoms with van der Waals surface area (Å²) in [5, 5.41) is 9.74. The molecule has 0 spiro atoms. The van der Waals surface area contributed by atoms with E-state index in [9.17, 15) is 5.11 Å². The van der Waals surface area contributed by atoms with Crippen LogP contribution in [-0.2, 0) is 0 Å². The molecule has 1 N–H and O–H groups in total. The first-order chi connectivity index (χ1) is 7.19. The highest BCUT2D eigenvalue weighted by Crippen LogP contribution is 2.28. The summed E-state index contributed by atoms with van der Waals surface area (Å²) in [5.74, 6) is 0.571. The van der Waals surface area contributed by atoms with Crippen molar-refractivity contribution in [3.8, 4) is 0 Å².